The highest BCUT2D eigenvalue weighted by Gasteiger charge is 2.17. The van der Waals surface area contributed by atoms with Gasteiger partial charge in [-0.3, -0.25) is 4.79 Å². The molecular weight excluding hydrogens is 234 g/mol. The van der Waals surface area contributed by atoms with E-state index in [1.54, 1.807) is 0 Å². The first-order valence-corrected chi connectivity index (χ1v) is 6.62. The Kier molecular flexibility index (Phi) is 11.0. The number of methoxy groups -OCH3 is 1. The van der Waals surface area contributed by atoms with Crippen LogP contribution in [0, 0.1) is 0 Å². The number of nitrogens with one attached hydrogen (secondary N) is 1. The lowest BCUT2D eigenvalue weighted by atomic mass is 10.2. The molecule has 0 fully saturated rings. The van der Waals surface area contributed by atoms with Crippen molar-refractivity contribution in [2.24, 2.45) is 0 Å². The van der Waals surface area contributed by atoms with Crippen molar-refractivity contribution in [3.63, 3.8) is 0 Å². The predicted octanol–water partition coefficient (Wildman–Crippen LogP) is 1.36. The van der Waals surface area contributed by atoms with Gasteiger partial charge in [0, 0.05) is 6.61 Å². The van der Waals surface area contributed by atoms with Crippen molar-refractivity contribution in [2.75, 3.05) is 33.5 Å². The van der Waals surface area contributed by atoms with Crippen LogP contribution >= 0.6 is 0 Å². The molecule has 0 aromatic carbocycles. The summed E-state index contributed by atoms with van der Waals surface area (Å²) in [7, 11) is 1.40. The molecule has 0 heterocycles. The van der Waals surface area contributed by atoms with Gasteiger partial charge in [0.05, 0.1) is 26.4 Å². The topological polar surface area (TPSA) is 56.8 Å². The van der Waals surface area contributed by atoms with E-state index in [4.69, 9.17) is 14.2 Å². The van der Waals surface area contributed by atoms with Crippen molar-refractivity contribution >= 4 is 5.97 Å². The van der Waals surface area contributed by atoms with Gasteiger partial charge in [0.1, 0.15) is 6.04 Å². The highest BCUT2D eigenvalue weighted by molar-refractivity contribution is 5.75. The second-order valence-corrected chi connectivity index (χ2v) is 4.35. The molecule has 108 valence electrons. The third kappa shape index (κ3) is 9.39. The molecule has 18 heavy (non-hydrogen) atoms. The zero-order valence-electron chi connectivity index (χ0n) is 12.0. The summed E-state index contributed by atoms with van der Waals surface area (Å²) >= 11 is 0. The Labute approximate surface area is 110 Å². The highest BCUT2D eigenvalue weighted by Crippen LogP contribution is 1.97. The molecule has 0 bridgehead atoms. The van der Waals surface area contributed by atoms with E-state index in [1.807, 2.05) is 13.8 Å². The second kappa shape index (κ2) is 11.4. The number of ether oxygens (including phenoxy) is 3. The number of esters is 1. The zero-order valence-corrected chi connectivity index (χ0v) is 12.0. The van der Waals surface area contributed by atoms with E-state index in [1.165, 1.54) is 7.11 Å². The molecule has 0 spiro atoms. The number of rotatable bonds is 11. The van der Waals surface area contributed by atoms with Crippen molar-refractivity contribution < 1.29 is 19.0 Å². The normalized spacial score (nSPS) is 12.7. The average Bonchev–Trinajstić information content (AvgIpc) is 2.35. The molecule has 0 aliphatic carbocycles. The summed E-state index contributed by atoms with van der Waals surface area (Å²) in [6.45, 7) is 8.50. The Morgan fingerprint density at radius 2 is 1.94 bits per heavy atom. The lowest BCUT2D eigenvalue weighted by Gasteiger charge is -2.16. The van der Waals surface area contributed by atoms with Crippen LogP contribution in [0.3, 0.4) is 0 Å². The van der Waals surface area contributed by atoms with Gasteiger partial charge in [-0.05, 0) is 33.2 Å². The summed E-state index contributed by atoms with van der Waals surface area (Å²) in [5.41, 5.74) is 0. The molecule has 0 radical (unpaired) electrons. The van der Waals surface area contributed by atoms with Crippen LogP contribution in [0.15, 0.2) is 0 Å². The van der Waals surface area contributed by atoms with Gasteiger partial charge in [-0.15, -0.1) is 0 Å². The fraction of sp³-hybridized carbons (Fsp3) is 0.923. The molecule has 5 nitrogen and oxygen atoms in total. The first-order chi connectivity index (χ1) is 8.61. The van der Waals surface area contributed by atoms with Crippen molar-refractivity contribution in [3.8, 4) is 0 Å². The number of hydrogen-bond acceptors (Lipinski definition) is 5. The van der Waals surface area contributed by atoms with Crippen LogP contribution in [-0.2, 0) is 19.0 Å². The molecule has 0 saturated heterocycles. The Balaban J connectivity index is 3.65. The average molecular weight is 261 g/mol. The van der Waals surface area contributed by atoms with Crippen LogP contribution in [-0.4, -0.2) is 51.6 Å². The second-order valence-electron chi connectivity index (χ2n) is 4.35. The van der Waals surface area contributed by atoms with E-state index < -0.39 is 0 Å². The van der Waals surface area contributed by atoms with Crippen molar-refractivity contribution in [3.05, 3.63) is 0 Å². The number of carbonyl (C=O) groups is 1. The van der Waals surface area contributed by atoms with E-state index in [0.29, 0.717) is 26.2 Å². The van der Waals surface area contributed by atoms with E-state index in [-0.39, 0.29) is 18.1 Å². The molecule has 0 aliphatic heterocycles. The first kappa shape index (κ1) is 17.4. The van der Waals surface area contributed by atoms with E-state index >= 15 is 0 Å². The Bertz CT molecular complexity index is 209. The molecule has 0 aliphatic rings. The lowest BCUT2D eigenvalue weighted by Crippen LogP contribution is -2.39. The summed E-state index contributed by atoms with van der Waals surface area (Å²) in [5.74, 6) is -0.231. The Morgan fingerprint density at radius 3 is 2.50 bits per heavy atom. The SMILES string of the molecule is CCCNC(CCOCCOC(C)C)C(=O)OC. The minimum absolute atomic E-state index is 0.225. The van der Waals surface area contributed by atoms with Crippen LogP contribution in [0.25, 0.3) is 0 Å². The quantitative estimate of drug-likeness (QED) is 0.449. The molecule has 1 unspecified atom stereocenters. The maximum absolute atomic E-state index is 11.5. The van der Waals surface area contributed by atoms with E-state index in [2.05, 4.69) is 12.2 Å². The molecule has 0 rings (SSSR count). The van der Waals surface area contributed by atoms with Gasteiger partial charge in [-0.25, -0.2) is 0 Å². The van der Waals surface area contributed by atoms with Crippen molar-refractivity contribution in [1.82, 2.24) is 5.32 Å². The fourth-order valence-corrected chi connectivity index (χ4v) is 1.41. The monoisotopic (exact) mass is 261 g/mol. The maximum atomic E-state index is 11.5. The third-order valence-corrected chi connectivity index (χ3v) is 2.36. The van der Waals surface area contributed by atoms with Crippen LogP contribution in [0.2, 0.25) is 0 Å². The Morgan fingerprint density at radius 1 is 1.22 bits per heavy atom. The minimum Gasteiger partial charge on any atom is -0.468 e. The van der Waals surface area contributed by atoms with Crippen LogP contribution in [0.1, 0.15) is 33.6 Å². The van der Waals surface area contributed by atoms with Gasteiger partial charge < -0.3 is 19.5 Å². The largest absolute Gasteiger partial charge is 0.468 e. The third-order valence-electron chi connectivity index (χ3n) is 2.36. The summed E-state index contributed by atoms with van der Waals surface area (Å²) < 4.78 is 15.5. The molecular formula is C13H27NO4. The van der Waals surface area contributed by atoms with Gasteiger partial charge in [0.25, 0.3) is 0 Å². The summed E-state index contributed by atoms with van der Waals surface area (Å²) in [4.78, 5) is 11.5. The van der Waals surface area contributed by atoms with Gasteiger partial charge >= 0.3 is 5.97 Å². The van der Waals surface area contributed by atoms with Gasteiger partial charge in [-0.1, -0.05) is 6.92 Å². The molecule has 1 N–H and O–H groups in total. The standard InChI is InChI=1S/C13H27NO4/c1-5-7-14-12(13(15)16-4)6-8-17-9-10-18-11(2)3/h11-12,14H,5-10H2,1-4H3. The summed E-state index contributed by atoms with van der Waals surface area (Å²) in [6.07, 6.45) is 1.83. The van der Waals surface area contributed by atoms with E-state index in [0.717, 1.165) is 13.0 Å². The number of carbonyl (C=O) groups excluding carboxylic acids is 1. The predicted molar refractivity (Wildman–Crippen MR) is 70.6 cm³/mol. The van der Waals surface area contributed by atoms with Gasteiger partial charge in [0.2, 0.25) is 0 Å². The summed E-state index contributed by atoms with van der Waals surface area (Å²) in [5, 5.41) is 3.14. The van der Waals surface area contributed by atoms with Gasteiger partial charge in [0.15, 0.2) is 0 Å². The van der Waals surface area contributed by atoms with Crippen LogP contribution < -0.4 is 5.32 Å². The molecule has 5 heteroatoms. The minimum atomic E-state index is -0.277. The first-order valence-electron chi connectivity index (χ1n) is 6.62. The molecule has 0 aromatic heterocycles. The van der Waals surface area contributed by atoms with E-state index in [9.17, 15) is 4.79 Å². The van der Waals surface area contributed by atoms with Crippen LogP contribution in [0.5, 0.6) is 0 Å². The van der Waals surface area contributed by atoms with Crippen molar-refractivity contribution in [2.45, 2.75) is 45.8 Å². The van der Waals surface area contributed by atoms with Gasteiger partial charge in [-0.2, -0.15) is 0 Å². The van der Waals surface area contributed by atoms with Crippen molar-refractivity contribution in [1.29, 1.82) is 0 Å². The zero-order chi connectivity index (χ0) is 13.8. The lowest BCUT2D eigenvalue weighted by molar-refractivity contribution is -0.143. The summed E-state index contributed by atoms with van der Waals surface area (Å²) in [6, 6.07) is -0.277. The molecule has 0 amide bonds. The highest BCUT2D eigenvalue weighted by atomic mass is 16.5. The fourth-order valence-electron chi connectivity index (χ4n) is 1.41. The molecule has 0 aromatic rings. The Hall–Kier alpha value is -0.650. The van der Waals surface area contributed by atoms with Crippen LogP contribution in [0.4, 0.5) is 0 Å². The molecule has 1 atom stereocenters. The maximum Gasteiger partial charge on any atom is 0.322 e. The molecule has 0 saturated carbocycles. The number of hydrogen-bond donors (Lipinski definition) is 1. The smallest absolute Gasteiger partial charge is 0.322 e.